The van der Waals surface area contributed by atoms with Crippen molar-refractivity contribution in [3.05, 3.63) is 24.3 Å². The van der Waals surface area contributed by atoms with Gasteiger partial charge in [0.05, 0.1) is 17.4 Å². The molecule has 1 heterocycles. The van der Waals surface area contributed by atoms with Crippen molar-refractivity contribution in [3.8, 4) is 6.07 Å². The molecule has 2 fully saturated rings. The molecule has 2 N–H and O–H groups in total. The monoisotopic (exact) mass is 270 g/mol. The average Bonchev–Trinajstić information content (AvgIpc) is 3.20. The SMILES string of the molecule is N#CCC1(CN2CCN(c3ccccc3N)CC2)CC1. The van der Waals surface area contributed by atoms with Crippen molar-refractivity contribution in [2.75, 3.05) is 43.4 Å². The van der Waals surface area contributed by atoms with E-state index in [1.165, 1.54) is 12.8 Å². The molecule has 3 rings (SSSR count). The number of hydrogen-bond acceptors (Lipinski definition) is 4. The van der Waals surface area contributed by atoms with Gasteiger partial charge in [0.25, 0.3) is 0 Å². The third-order valence-electron chi connectivity index (χ3n) is 4.62. The van der Waals surface area contributed by atoms with Crippen molar-refractivity contribution < 1.29 is 0 Å². The van der Waals surface area contributed by atoms with Crippen LogP contribution in [0.5, 0.6) is 0 Å². The van der Waals surface area contributed by atoms with Crippen LogP contribution in [-0.4, -0.2) is 37.6 Å². The third kappa shape index (κ3) is 2.73. The van der Waals surface area contributed by atoms with E-state index in [4.69, 9.17) is 11.0 Å². The molecule has 0 unspecified atom stereocenters. The van der Waals surface area contributed by atoms with Crippen LogP contribution in [0.1, 0.15) is 19.3 Å². The summed E-state index contributed by atoms with van der Waals surface area (Å²) in [6, 6.07) is 10.4. The first-order chi connectivity index (χ1) is 9.72. The van der Waals surface area contributed by atoms with Gasteiger partial charge < -0.3 is 10.6 Å². The third-order valence-corrected chi connectivity index (χ3v) is 4.62. The molecule has 1 aromatic rings. The van der Waals surface area contributed by atoms with Crippen LogP contribution >= 0.6 is 0 Å². The second-order valence-electron chi connectivity index (χ2n) is 6.16. The maximum Gasteiger partial charge on any atom is 0.0628 e. The van der Waals surface area contributed by atoms with Crippen LogP contribution in [-0.2, 0) is 0 Å². The number of para-hydroxylation sites is 2. The Morgan fingerprint density at radius 1 is 1.15 bits per heavy atom. The fourth-order valence-corrected chi connectivity index (χ4v) is 3.13. The molecule has 1 saturated carbocycles. The minimum atomic E-state index is 0.322. The lowest BCUT2D eigenvalue weighted by molar-refractivity contribution is 0.209. The zero-order valence-corrected chi connectivity index (χ0v) is 11.9. The molecule has 0 atom stereocenters. The van der Waals surface area contributed by atoms with Gasteiger partial charge in [0, 0.05) is 39.1 Å². The van der Waals surface area contributed by atoms with Gasteiger partial charge in [-0.3, -0.25) is 4.90 Å². The molecule has 1 saturated heterocycles. The Hall–Kier alpha value is -1.73. The summed E-state index contributed by atoms with van der Waals surface area (Å²) in [7, 11) is 0. The fourth-order valence-electron chi connectivity index (χ4n) is 3.13. The molecule has 0 radical (unpaired) electrons. The van der Waals surface area contributed by atoms with E-state index < -0.39 is 0 Å². The normalized spacial score (nSPS) is 21.4. The number of anilines is 2. The highest BCUT2D eigenvalue weighted by Crippen LogP contribution is 2.49. The average molecular weight is 270 g/mol. The lowest BCUT2D eigenvalue weighted by atomic mass is 10.0. The van der Waals surface area contributed by atoms with E-state index in [1.807, 2.05) is 18.2 Å². The molecule has 0 bridgehead atoms. The molecule has 1 aliphatic heterocycles. The summed E-state index contributed by atoms with van der Waals surface area (Å²) in [5, 5.41) is 8.90. The number of piperazine rings is 1. The summed E-state index contributed by atoms with van der Waals surface area (Å²) in [4.78, 5) is 4.88. The van der Waals surface area contributed by atoms with E-state index in [9.17, 15) is 0 Å². The van der Waals surface area contributed by atoms with Crippen LogP contribution in [0.3, 0.4) is 0 Å². The van der Waals surface area contributed by atoms with Crippen LogP contribution in [0.4, 0.5) is 11.4 Å². The van der Waals surface area contributed by atoms with Gasteiger partial charge >= 0.3 is 0 Å². The number of rotatable bonds is 4. The Bertz CT molecular complexity index is 507. The largest absolute Gasteiger partial charge is 0.397 e. The van der Waals surface area contributed by atoms with E-state index in [-0.39, 0.29) is 0 Å². The first-order valence-corrected chi connectivity index (χ1v) is 7.41. The summed E-state index contributed by atoms with van der Waals surface area (Å²) >= 11 is 0. The van der Waals surface area contributed by atoms with Crippen LogP contribution in [0, 0.1) is 16.7 Å². The number of nitrogens with two attached hydrogens (primary N) is 1. The Kier molecular flexibility index (Phi) is 3.54. The predicted molar refractivity (Wildman–Crippen MR) is 81.4 cm³/mol. The van der Waals surface area contributed by atoms with Gasteiger partial charge in [0.15, 0.2) is 0 Å². The zero-order valence-electron chi connectivity index (χ0n) is 11.9. The minimum absolute atomic E-state index is 0.322. The predicted octanol–water partition coefficient (Wildman–Crippen LogP) is 2.08. The van der Waals surface area contributed by atoms with E-state index in [0.717, 1.165) is 50.5 Å². The highest BCUT2D eigenvalue weighted by atomic mass is 15.3. The van der Waals surface area contributed by atoms with Gasteiger partial charge in [-0.15, -0.1) is 0 Å². The molecule has 20 heavy (non-hydrogen) atoms. The van der Waals surface area contributed by atoms with E-state index in [0.29, 0.717) is 5.41 Å². The molecular formula is C16H22N4. The van der Waals surface area contributed by atoms with Gasteiger partial charge in [0.2, 0.25) is 0 Å². The Morgan fingerprint density at radius 2 is 1.85 bits per heavy atom. The van der Waals surface area contributed by atoms with Crippen molar-refractivity contribution in [1.82, 2.24) is 4.90 Å². The molecule has 0 amide bonds. The summed E-state index contributed by atoms with van der Waals surface area (Å²) in [6.45, 7) is 5.29. The standard InChI is InChI=1S/C16H22N4/c17-8-7-16(5-6-16)13-19-9-11-20(12-10-19)15-4-2-1-3-14(15)18/h1-4H,5-7,9-13,18H2. The van der Waals surface area contributed by atoms with Gasteiger partial charge in [-0.25, -0.2) is 0 Å². The molecular weight excluding hydrogens is 248 g/mol. The first kappa shape index (κ1) is 13.3. The smallest absolute Gasteiger partial charge is 0.0628 e. The van der Waals surface area contributed by atoms with Crippen LogP contribution < -0.4 is 10.6 Å². The van der Waals surface area contributed by atoms with Gasteiger partial charge in [-0.2, -0.15) is 5.26 Å². The van der Waals surface area contributed by atoms with Gasteiger partial charge in [-0.05, 0) is 30.4 Å². The quantitative estimate of drug-likeness (QED) is 0.851. The number of nitrogen functional groups attached to an aromatic ring is 1. The molecule has 2 aliphatic rings. The van der Waals surface area contributed by atoms with Crippen molar-refractivity contribution in [3.63, 3.8) is 0 Å². The summed E-state index contributed by atoms with van der Waals surface area (Å²) in [6.07, 6.45) is 3.18. The summed E-state index contributed by atoms with van der Waals surface area (Å²) in [5.74, 6) is 0. The second-order valence-corrected chi connectivity index (χ2v) is 6.16. The minimum Gasteiger partial charge on any atom is -0.397 e. The molecule has 0 aromatic heterocycles. The number of nitrogens with zero attached hydrogens (tertiary/aromatic N) is 3. The fraction of sp³-hybridized carbons (Fsp3) is 0.562. The molecule has 4 heteroatoms. The van der Waals surface area contributed by atoms with Gasteiger partial charge in [-0.1, -0.05) is 12.1 Å². The van der Waals surface area contributed by atoms with E-state index in [1.54, 1.807) is 0 Å². The van der Waals surface area contributed by atoms with Gasteiger partial charge in [0.1, 0.15) is 0 Å². The van der Waals surface area contributed by atoms with Crippen molar-refractivity contribution >= 4 is 11.4 Å². The molecule has 1 aromatic carbocycles. The Balaban J connectivity index is 1.55. The zero-order chi connectivity index (χ0) is 14.0. The van der Waals surface area contributed by atoms with Crippen LogP contribution in [0.25, 0.3) is 0 Å². The van der Waals surface area contributed by atoms with E-state index >= 15 is 0 Å². The summed E-state index contributed by atoms with van der Waals surface area (Å²) < 4.78 is 0. The topological polar surface area (TPSA) is 56.3 Å². The molecule has 106 valence electrons. The molecule has 1 aliphatic carbocycles. The maximum atomic E-state index is 8.90. The van der Waals surface area contributed by atoms with E-state index in [2.05, 4.69) is 21.9 Å². The summed E-state index contributed by atoms with van der Waals surface area (Å²) in [5.41, 5.74) is 8.39. The Morgan fingerprint density at radius 3 is 2.45 bits per heavy atom. The maximum absolute atomic E-state index is 8.90. The number of hydrogen-bond donors (Lipinski definition) is 1. The highest BCUT2D eigenvalue weighted by molar-refractivity contribution is 5.67. The molecule has 0 spiro atoms. The van der Waals surface area contributed by atoms with Crippen LogP contribution in [0.15, 0.2) is 24.3 Å². The lowest BCUT2D eigenvalue weighted by Crippen LogP contribution is -2.48. The number of nitriles is 1. The lowest BCUT2D eigenvalue weighted by Gasteiger charge is -2.38. The second kappa shape index (κ2) is 5.34. The molecule has 4 nitrogen and oxygen atoms in total. The van der Waals surface area contributed by atoms with Crippen molar-refractivity contribution in [2.45, 2.75) is 19.3 Å². The Labute approximate surface area is 120 Å². The highest BCUT2D eigenvalue weighted by Gasteiger charge is 2.43. The van der Waals surface area contributed by atoms with Crippen LogP contribution in [0.2, 0.25) is 0 Å². The number of benzene rings is 1. The van der Waals surface area contributed by atoms with Crippen molar-refractivity contribution in [2.24, 2.45) is 5.41 Å². The van der Waals surface area contributed by atoms with Crippen molar-refractivity contribution in [1.29, 1.82) is 5.26 Å². The first-order valence-electron chi connectivity index (χ1n) is 7.41.